The summed E-state index contributed by atoms with van der Waals surface area (Å²) in [5.74, 6) is -0.927. The van der Waals surface area contributed by atoms with E-state index in [1.165, 1.54) is 18.2 Å². The minimum absolute atomic E-state index is 0.0653. The summed E-state index contributed by atoms with van der Waals surface area (Å²) in [4.78, 5) is 36.8. The van der Waals surface area contributed by atoms with Crippen LogP contribution >= 0.6 is 24.0 Å². The van der Waals surface area contributed by atoms with Crippen LogP contribution in [-0.4, -0.2) is 37.2 Å². The molecule has 10 heteroatoms. The Kier molecular flexibility index (Phi) is 6.38. The van der Waals surface area contributed by atoms with Crippen LogP contribution in [-0.2, 0) is 16.0 Å². The standard InChI is InChI=1S/C23H16N2O6S2/c26-21-20(13-17-9-10-19(31-17)15-7-4-8-16(12-15)25(29)30)33-23(32)24(21)18(22(27)28)11-14-5-2-1-3-6-14/h1-10,12-13,18H,11H2,(H,27,28)/b20-13+/t18-/m0/s1. The van der Waals surface area contributed by atoms with Crippen LogP contribution in [0.1, 0.15) is 11.3 Å². The van der Waals surface area contributed by atoms with E-state index < -0.39 is 22.8 Å². The number of nitro groups is 1. The smallest absolute Gasteiger partial charge is 0.327 e. The molecule has 33 heavy (non-hydrogen) atoms. The molecule has 1 saturated heterocycles. The van der Waals surface area contributed by atoms with E-state index in [2.05, 4.69) is 0 Å². The molecule has 1 N–H and O–H groups in total. The van der Waals surface area contributed by atoms with Crippen LogP contribution in [0.2, 0.25) is 0 Å². The molecular weight excluding hydrogens is 464 g/mol. The molecule has 0 aliphatic carbocycles. The number of amides is 1. The van der Waals surface area contributed by atoms with Gasteiger partial charge in [-0.2, -0.15) is 0 Å². The quantitative estimate of drug-likeness (QED) is 0.223. The maximum atomic E-state index is 13.0. The molecular formula is C23H16N2O6S2. The molecule has 8 nitrogen and oxygen atoms in total. The average molecular weight is 481 g/mol. The van der Waals surface area contributed by atoms with Crippen molar-refractivity contribution >= 4 is 51.9 Å². The summed E-state index contributed by atoms with van der Waals surface area (Å²) >= 11 is 6.31. The second kappa shape index (κ2) is 9.39. The first-order valence-electron chi connectivity index (χ1n) is 9.72. The van der Waals surface area contributed by atoms with Crippen LogP contribution in [0.5, 0.6) is 0 Å². The van der Waals surface area contributed by atoms with Crippen LogP contribution in [0.3, 0.4) is 0 Å². The van der Waals surface area contributed by atoms with Crippen molar-refractivity contribution in [2.45, 2.75) is 12.5 Å². The van der Waals surface area contributed by atoms with E-state index in [1.807, 2.05) is 6.07 Å². The van der Waals surface area contributed by atoms with E-state index in [1.54, 1.807) is 48.5 Å². The molecule has 1 fully saturated rings. The summed E-state index contributed by atoms with van der Waals surface area (Å²) < 4.78 is 5.90. The Balaban J connectivity index is 1.57. The van der Waals surface area contributed by atoms with Gasteiger partial charge in [0.25, 0.3) is 11.6 Å². The lowest BCUT2D eigenvalue weighted by Crippen LogP contribution is -2.45. The molecule has 0 radical (unpaired) electrons. The lowest BCUT2D eigenvalue weighted by molar-refractivity contribution is -0.384. The van der Waals surface area contributed by atoms with Crippen molar-refractivity contribution in [3.63, 3.8) is 0 Å². The third-order valence-corrected chi connectivity index (χ3v) is 6.26. The predicted octanol–water partition coefficient (Wildman–Crippen LogP) is 4.75. The van der Waals surface area contributed by atoms with E-state index in [0.29, 0.717) is 17.1 Å². The third kappa shape index (κ3) is 4.86. The van der Waals surface area contributed by atoms with Crippen molar-refractivity contribution in [1.29, 1.82) is 0 Å². The van der Waals surface area contributed by atoms with Gasteiger partial charge in [0.15, 0.2) is 0 Å². The van der Waals surface area contributed by atoms with Crippen molar-refractivity contribution in [1.82, 2.24) is 4.90 Å². The monoisotopic (exact) mass is 480 g/mol. The molecule has 0 unspecified atom stereocenters. The Morgan fingerprint density at radius 1 is 1.18 bits per heavy atom. The molecule has 0 bridgehead atoms. The number of thiocarbonyl (C=S) groups is 1. The number of carboxylic acid groups (broad SMARTS) is 1. The zero-order valence-electron chi connectivity index (χ0n) is 16.9. The normalized spacial score (nSPS) is 15.8. The molecule has 4 rings (SSSR count). The van der Waals surface area contributed by atoms with E-state index >= 15 is 0 Å². The summed E-state index contributed by atoms with van der Waals surface area (Å²) in [7, 11) is 0. The number of nitro benzene ring substituents is 1. The Morgan fingerprint density at radius 2 is 1.94 bits per heavy atom. The third-order valence-electron chi connectivity index (χ3n) is 4.93. The maximum Gasteiger partial charge on any atom is 0.327 e. The fourth-order valence-electron chi connectivity index (χ4n) is 3.36. The van der Waals surface area contributed by atoms with E-state index in [9.17, 15) is 24.8 Å². The highest BCUT2D eigenvalue weighted by Crippen LogP contribution is 2.36. The molecule has 1 aromatic heterocycles. The highest BCUT2D eigenvalue weighted by Gasteiger charge is 2.40. The zero-order valence-corrected chi connectivity index (χ0v) is 18.5. The van der Waals surface area contributed by atoms with Gasteiger partial charge < -0.3 is 9.52 Å². The van der Waals surface area contributed by atoms with Gasteiger partial charge in [-0.1, -0.05) is 66.4 Å². The van der Waals surface area contributed by atoms with Gasteiger partial charge in [0.2, 0.25) is 0 Å². The average Bonchev–Trinajstić information content (AvgIpc) is 3.37. The molecule has 0 spiro atoms. The number of aliphatic carboxylic acids is 1. The van der Waals surface area contributed by atoms with Gasteiger partial charge in [-0.05, 0) is 17.7 Å². The SMILES string of the molecule is O=C(O)[C@H](Cc1ccccc1)N1C(=O)/C(=C\c2ccc(-c3cccc([N+](=O)[O-])c3)o2)SC1=S. The minimum Gasteiger partial charge on any atom is -0.480 e. The molecule has 0 saturated carbocycles. The van der Waals surface area contributed by atoms with E-state index in [-0.39, 0.29) is 21.3 Å². The fraction of sp³-hybridized carbons (Fsp3) is 0.0870. The van der Waals surface area contributed by atoms with Gasteiger partial charge in [0.1, 0.15) is 21.9 Å². The van der Waals surface area contributed by atoms with Crippen LogP contribution < -0.4 is 0 Å². The van der Waals surface area contributed by atoms with E-state index in [4.69, 9.17) is 16.6 Å². The number of carboxylic acids is 1. The van der Waals surface area contributed by atoms with Gasteiger partial charge >= 0.3 is 5.97 Å². The summed E-state index contributed by atoms with van der Waals surface area (Å²) in [6.07, 6.45) is 1.61. The van der Waals surface area contributed by atoms with Crippen molar-refractivity contribution < 1.29 is 24.0 Å². The minimum atomic E-state index is -1.15. The Morgan fingerprint density at radius 3 is 2.64 bits per heavy atom. The molecule has 166 valence electrons. The molecule has 3 aromatic rings. The molecule has 1 atom stereocenters. The Hall–Kier alpha value is -3.76. The predicted molar refractivity (Wildman–Crippen MR) is 127 cm³/mol. The highest BCUT2D eigenvalue weighted by molar-refractivity contribution is 8.26. The van der Waals surface area contributed by atoms with Crippen molar-refractivity contribution in [2.75, 3.05) is 0 Å². The van der Waals surface area contributed by atoms with Gasteiger partial charge in [0.05, 0.1) is 9.83 Å². The largest absolute Gasteiger partial charge is 0.480 e. The van der Waals surface area contributed by atoms with Crippen molar-refractivity contribution in [3.8, 4) is 11.3 Å². The lowest BCUT2D eigenvalue weighted by Gasteiger charge is -2.23. The Bertz CT molecular complexity index is 1280. The molecule has 1 amide bonds. The van der Waals surface area contributed by atoms with E-state index in [0.717, 1.165) is 22.2 Å². The number of furan rings is 1. The van der Waals surface area contributed by atoms with Crippen LogP contribution in [0, 0.1) is 10.1 Å². The zero-order chi connectivity index (χ0) is 23.5. The topological polar surface area (TPSA) is 114 Å². The summed E-state index contributed by atoms with van der Waals surface area (Å²) in [6, 6.07) is 17.1. The summed E-state index contributed by atoms with van der Waals surface area (Å²) in [6.45, 7) is 0. The fourth-order valence-corrected chi connectivity index (χ4v) is 4.70. The first kappa shape index (κ1) is 22.4. The number of non-ortho nitro benzene ring substituents is 1. The van der Waals surface area contributed by atoms with Crippen molar-refractivity contribution in [3.05, 3.63) is 93.1 Å². The van der Waals surface area contributed by atoms with Crippen LogP contribution in [0.25, 0.3) is 17.4 Å². The van der Waals surface area contributed by atoms with Crippen molar-refractivity contribution in [2.24, 2.45) is 0 Å². The molecule has 1 aliphatic rings. The number of benzene rings is 2. The number of hydrogen-bond donors (Lipinski definition) is 1. The lowest BCUT2D eigenvalue weighted by atomic mass is 10.0. The highest BCUT2D eigenvalue weighted by atomic mass is 32.2. The Labute approximate surface area is 197 Å². The van der Waals surface area contributed by atoms with Gasteiger partial charge in [0, 0.05) is 30.2 Å². The van der Waals surface area contributed by atoms with Crippen LogP contribution in [0.4, 0.5) is 5.69 Å². The van der Waals surface area contributed by atoms with Gasteiger partial charge in [-0.25, -0.2) is 4.79 Å². The molecule has 2 aromatic carbocycles. The first-order chi connectivity index (χ1) is 15.8. The molecule has 2 heterocycles. The number of thioether (sulfide) groups is 1. The number of rotatable bonds is 7. The molecule has 1 aliphatic heterocycles. The summed E-state index contributed by atoms with van der Waals surface area (Å²) in [5.41, 5.74) is 1.23. The maximum absolute atomic E-state index is 13.0. The summed E-state index contributed by atoms with van der Waals surface area (Å²) in [5, 5.41) is 20.8. The number of carbonyl (C=O) groups excluding carboxylic acids is 1. The first-order valence-corrected chi connectivity index (χ1v) is 10.9. The van der Waals surface area contributed by atoms with Gasteiger partial charge in [-0.15, -0.1) is 0 Å². The van der Waals surface area contributed by atoms with Crippen LogP contribution in [0.15, 0.2) is 76.1 Å². The second-order valence-electron chi connectivity index (χ2n) is 7.10. The number of nitrogens with zero attached hydrogens (tertiary/aromatic N) is 2. The second-order valence-corrected chi connectivity index (χ2v) is 8.78. The van der Waals surface area contributed by atoms with Gasteiger partial charge in [-0.3, -0.25) is 19.8 Å². The number of carbonyl (C=O) groups is 2. The number of hydrogen-bond acceptors (Lipinski definition) is 7.